The second-order valence-corrected chi connectivity index (χ2v) is 10.6. The van der Waals surface area contributed by atoms with E-state index in [-0.39, 0.29) is 36.0 Å². The maximum absolute atomic E-state index is 13.3. The molecule has 34 heavy (non-hydrogen) atoms. The fourth-order valence-electron chi connectivity index (χ4n) is 6.08. The summed E-state index contributed by atoms with van der Waals surface area (Å²) in [6, 6.07) is 7.25. The lowest BCUT2D eigenvalue weighted by atomic mass is 9.83. The zero-order valence-electron chi connectivity index (χ0n) is 20.5. The number of hydrogen-bond acceptors (Lipinski definition) is 4. The number of carbonyl (C=O) groups excluding carboxylic acids is 2. The molecule has 6 nitrogen and oxygen atoms in total. The summed E-state index contributed by atoms with van der Waals surface area (Å²) in [4.78, 5) is 31.5. The predicted octanol–water partition coefficient (Wildman–Crippen LogP) is 4.87. The SMILES string of the molecule is COC(=O)CCC1CCC(N2CCN(c3ccc4c(c3)CCN(CC3CC3)CC4)C2=O)CC1.I. The van der Waals surface area contributed by atoms with Gasteiger partial charge in [-0.1, -0.05) is 6.07 Å². The normalized spacial score (nSPS) is 25.5. The van der Waals surface area contributed by atoms with Crippen molar-refractivity contribution in [2.75, 3.05) is 44.7 Å². The van der Waals surface area contributed by atoms with Gasteiger partial charge in [0.2, 0.25) is 0 Å². The second-order valence-electron chi connectivity index (χ2n) is 10.6. The van der Waals surface area contributed by atoms with E-state index in [4.69, 9.17) is 4.74 Å². The standard InChI is InChI=1S/C27H39N3O3.HI/c1-33-26(31)11-6-20-4-8-24(9-5-20)29-16-17-30(27(29)32)25-10-7-22-12-14-28(19-21-2-3-21)15-13-23(22)18-25;/h7,10,18,20-21,24H,2-6,8-9,11-17,19H2,1H3;1H. The van der Waals surface area contributed by atoms with Gasteiger partial charge in [0.05, 0.1) is 7.11 Å². The molecule has 1 aromatic rings. The number of halogens is 1. The Kier molecular flexibility index (Phi) is 8.77. The van der Waals surface area contributed by atoms with E-state index < -0.39 is 0 Å². The van der Waals surface area contributed by atoms with Crippen molar-refractivity contribution in [2.24, 2.45) is 11.8 Å². The minimum atomic E-state index is -0.112. The lowest BCUT2D eigenvalue weighted by Gasteiger charge is -2.34. The fourth-order valence-corrected chi connectivity index (χ4v) is 6.08. The summed E-state index contributed by atoms with van der Waals surface area (Å²) < 4.78 is 4.78. The molecular weight excluding hydrogens is 541 g/mol. The number of carbonyl (C=O) groups is 2. The van der Waals surface area contributed by atoms with Crippen molar-refractivity contribution < 1.29 is 14.3 Å². The highest BCUT2D eigenvalue weighted by molar-refractivity contribution is 14.0. The van der Waals surface area contributed by atoms with Crippen LogP contribution < -0.4 is 4.90 Å². The molecule has 0 N–H and O–H groups in total. The number of ether oxygens (including phenoxy) is 1. The molecule has 2 saturated carbocycles. The van der Waals surface area contributed by atoms with E-state index in [0.717, 1.165) is 76.2 Å². The van der Waals surface area contributed by atoms with E-state index in [2.05, 4.69) is 28.0 Å². The van der Waals surface area contributed by atoms with Crippen molar-refractivity contribution in [3.05, 3.63) is 29.3 Å². The molecule has 0 spiro atoms. The Bertz CT molecular complexity index is 867. The van der Waals surface area contributed by atoms with Crippen molar-refractivity contribution in [3.63, 3.8) is 0 Å². The highest BCUT2D eigenvalue weighted by atomic mass is 127. The topological polar surface area (TPSA) is 53.1 Å². The first-order valence-corrected chi connectivity index (χ1v) is 13.1. The van der Waals surface area contributed by atoms with Crippen LogP contribution in [0.5, 0.6) is 0 Å². The van der Waals surface area contributed by atoms with Gasteiger partial charge in [-0.3, -0.25) is 9.69 Å². The molecule has 0 aromatic heterocycles. The quantitative estimate of drug-likeness (QED) is 0.341. The second kappa shape index (κ2) is 11.6. The summed E-state index contributed by atoms with van der Waals surface area (Å²) in [5, 5.41) is 0. The Balaban J connectivity index is 0.00000274. The summed E-state index contributed by atoms with van der Waals surface area (Å²) in [5.74, 6) is 1.41. The van der Waals surface area contributed by atoms with E-state index in [1.807, 2.05) is 4.90 Å². The predicted molar refractivity (Wildman–Crippen MR) is 145 cm³/mol. The van der Waals surface area contributed by atoms with Gasteiger partial charge in [-0.05, 0) is 92.9 Å². The average Bonchev–Trinajstić information content (AvgIpc) is 3.62. The minimum Gasteiger partial charge on any atom is -0.469 e. The first-order valence-electron chi connectivity index (χ1n) is 13.1. The van der Waals surface area contributed by atoms with Gasteiger partial charge in [-0.25, -0.2) is 4.79 Å². The largest absolute Gasteiger partial charge is 0.469 e. The Labute approximate surface area is 221 Å². The molecule has 7 heteroatoms. The Hall–Kier alpha value is -1.35. The van der Waals surface area contributed by atoms with Crippen LogP contribution >= 0.6 is 24.0 Å². The van der Waals surface area contributed by atoms with Gasteiger partial charge in [0.15, 0.2) is 0 Å². The Morgan fingerprint density at radius 1 is 0.941 bits per heavy atom. The molecule has 0 radical (unpaired) electrons. The number of fused-ring (bicyclic) bond motifs is 1. The lowest BCUT2D eigenvalue weighted by molar-refractivity contribution is -0.141. The Morgan fingerprint density at radius 2 is 1.65 bits per heavy atom. The molecule has 2 heterocycles. The van der Waals surface area contributed by atoms with Crippen LogP contribution in [0.3, 0.4) is 0 Å². The molecular formula is C27H40IN3O3. The van der Waals surface area contributed by atoms with Crippen LogP contribution in [-0.4, -0.2) is 67.7 Å². The molecule has 2 aliphatic carbocycles. The smallest absolute Gasteiger partial charge is 0.324 e. The molecule has 188 valence electrons. The van der Waals surface area contributed by atoms with Crippen LogP contribution in [0.1, 0.15) is 62.5 Å². The van der Waals surface area contributed by atoms with Crippen LogP contribution in [0.25, 0.3) is 0 Å². The molecule has 2 amide bonds. The average molecular weight is 582 g/mol. The van der Waals surface area contributed by atoms with Gasteiger partial charge in [-0.15, -0.1) is 24.0 Å². The number of methoxy groups -OCH3 is 1. The van der Waals surface area contributed by atoms with Crippen LogP contribution in [0.15, 0.2) is 18.2 Å². The summed E-state index contributed by atoms with van der Waals surface area (Å²) in [5.41, 5.74) is 3.97. The molecule has 3 fully saturated rings. The third kappa shape index (κ3) is 6.07. The first kappa shape index (κ1) is 25.7. The molecule has 2 aliphatic heterocycles. The zero-order valence-corrected chi connectivity index (χ0v) is 22.9. The number of amides is 2. The molecule has 1 aromatic carbocycles. The van der Waals surface area contributed by atoms with Gasteiger partial charge in [-0.2, -0.15) is 0 Å². The van der Waals surface area contributed by atoms with Crippen LogP contribution in [-0.2, 0) is 22.4 Å². The van der Waals surface area contributed by atoms with E-state index in [1.54, 1.807) is 0 Å². The van der Waals surface area contributed by atoms with Crippen molar-refractivity contribution in [3.8, 4) is 0 Å². The van der Waals surface area contributed by atoms with Crippen LogP contribution in [0.4, 0.5) is 10.5 Å². The third-order valence-electron chi connectivity index (χ3n) is 8.39. The van der Waals surface area contributed by atoms with Crippen molar-refractivity contribution >= 4 is 41.7 Å². The molecule has 0 unspecified atom stereocenters. The monoisotopic (exact) mass is 581 g/mol. The number of anilines is 1. The van der Waals surface area contributed by atoms with Crippen molar-refractivity contribution in [1.29, 1.82) is 0 Å². The number of hydrogen-bond donors (Lipinski definition) is 0. The van der Waals surface area contributed by atoms with E-state index in [0.29, 0.717) is 18.4 Å². The zero-order chi connectivity index (χ0) is 22.8. The van der Waals surface area contributed by atoms with Gasteiger partial charge < -0.3 is 14.5 Å². The third-order valence-corrected chi connectivity index (χ3v) is 8.39. The van der Waals surface area contributed by atoms with E-state index >= 15 is 0 Å². The molecule has 1 saturated heterocycles. The molecule has 5 rings (SSSR count). The summed E-state index contributed by atoms with van der Waals surface area (Å²) in [6.07, 6.45) is 10.8. The first-order chi connectivity index (χ1) is 16.1. The van der Waals surface area contributed by atoms with Crippen molar-refractivity contribution in [2.45, 2.75) is 70.3 Å². The number of benzene rings is 1. The van der Waals surface area contributed by atoms with Gasteiger partial charge >= 0.3 is 12.0 Å². The van der Waals surface area contributed by atoms with E-state index in [9.17, 15) is 9.59 Å². The lowest BCUT2D eigenvalue weighted by Crippen LogP contribution is -2.41. The number of rotatable bonds is 7. The highest BCUT2D eigenvalue weighted by Crippen LogP contribution is 2.34. The van der Waals surface area contributed by atoms with E-state index in [1.165, 1.54) is 44.2 Å². The maximum atomic E-state index is 13.3. The summed E-state index contributed by atoms with van der Waals surface area (Å²) in [7, 11) is 1.46. The molecule has 4 aliphatic rings. The fraction of sp³-hybridized carbons (Fsp3) is 0.704. The molecule has 0 atom stereocenters. The number of urea groups is 1. The highest BCUT2D eigenvalue weighted by Gasteiger charge is 2.36. The van der Waals surface area contributed by atoms with Gasteiger partial charge in [0.1, 0.15) is 0 Å². The maximum Gasteiger partial charge on any atom is 0.324 e. The van der Waals surface area contributed by atoms with Gasteiger partial charge in [0, 0.05) is 50.9 Å². The summed E-state index contributed by atoms with van der Waals surface area (Å²) >= 11 is 0. The number of nitrogens with zero attached hydrogens (tertiary/aromatic N) is 3. The van der Waals surface area contributed by atoms with Crippen LogP contribution in [0, 0.1) is 11.8 Å². The van der Waals surface area contributed by atoms with Gasteiger partial charge in [0.25, 0.3) is 0 Å². The number of esters is 1. The Morgan fingerprint density at radius 3 is 2.35 bits per heavy atom. The minimum absolute atomic E-state index is 0. The molecule has 0 bridgehead atoms. The van der Waals surface area contributed by atoms with Crippen molar-refractivity contribution in [1.82, 2.24) is 9.80 Å². The van der Waals surface area contributed by atoms with Crippen LogP contribution in [0.2, 0.25) is 0 Å². The summed E-state index contributed by atoms with van der Waals surface area (Å²) in [6.45, 7) is 5.19.